The smallest absolute Gasteiger partial charge is 0.319 e. The van der Waals surface area contributed by atoms with Crippen molar-refractivity contribution < 1.29 is 14.3 Å². The number of methoxy groups -OCH3 is 1. The second-order valence-corrected chi connectivity index (χ2v) is 14.2. The van der Waals surface area contributed by atoms with Gasteiger partial charge in [0.2, 0.25) is 0 Å². The van der Waals surface area contributed by atoms with E-state index >= 15 is 0 Å². The first kappa shape index (κ1) is 41.7. The molecule has 8 rings (SSSR count). The van der Waals surface area contributed by atoms with Gasteiger partial charge in [0, 0.05) is 53.8 Å². The molecule has 306 valence electrons. The van der Waals surface area contributed by atoms with E-state index in [2.05, 4.69) is 28.2 Å². The van der Waals surface area contributed by atoms with Crippen molar-refractivity contribution in [3.8, 4) is 45.0 Å². The van der Waals surface area contributed by atoms with Crippen molar-refractivity contribution in [2.45, 2.75) is 26.2 Å². The average molecular weight is 809 g/mol. The van der Waals surface area contributed by atoms with Crippen LogP contribution in [0.15, 0.2) is 158 Å². The van der Waals surface area contributed by atoms with Gasteiger partial charge in [-0.25, -0.2) is 29.5 Å². The minimum atomic E-state index is -0.288. The van der Waals surface area contributed by atoms with Gasteiger partial charge in [-0.1, -0.05) is 141 Å². The van der Waals surface area contributed by atoms with Crippen LogP contribution in [0.3, 0.4) is 0 Å². The van der Waals surface area contributed by atoms with Crippen molar-refractivity contribution in [1.82, 2.24) is 30.6 Å². The molecule has 4 amide bonds. The minimum Gasteiger partial charge on any atom is -0.383 e. The molecule has 11 nitrogen and oxygen atoms in total. The molecule has 2 aromatic heterocycles. The Morgan fingerprint density at radius 1 is 0.459 bits per heavy atom. The summed E-state index contributed by atoms with van der Waals surface area (Å²) < 4.78 is 4.94. The van der Waals surface area contributed by atoms with E-state index in [-0.39, 0.29) is 12.1 Å². The third-order valence-corrected chi connectivity index (χ3v) is 9.69. The van der Waals surface area contributed by atoms with Crippen LogP contribution in [0, 0.1) is 0 Å². The molecule has 0 saturated carbocycles. The van der Waals surface area contributed by atoms with Crippen LogP contribution in [0.2, 0.25) is 0 Å². The average Bonchev–Trinajstić information content (AvgIpc) is 3.31. The zero-order valence-electron chi connectivity index (χ0n) is 34.3. The van der Waals surface area contributed by atoms with Crippen LogP contribution in [-0.2, 0) is 4.74 Å². The van der Waals surface area contributed by atoms with Crippen LogP contribution in [0.5, 0.6) is 0 Å². The number of fused-ring (bicyclic) bond motifs is 2. The highest BCUT2D eigenvalue weighted by molar-refractivity contribution is 5.94. The Morgan fingerprint density at radius 2 is 0.820 bits per heavy atom. The lowest BCUT2D eigenvalue weighted by Crippen LogP contribution is -2.31. The number of urea groups is 2. The molecule has 0 fully saturated rings. The number of amides is 4. The van der Waals surface area contributed by atoms with Crippen molar-refractivity contribution in [2.75, 3.05) is 37.4 Å². The molecule has 4 N–H and O–H groups in total. The van der Waals surface area contributed by atoms with Gasteiger partial charge in [0.15, 0.2) is 0 Å². The van der Waals surface area contributed by atoms with Gasteiger partial charge in [0.25, 0.3) is 0 Å². The lowest BCUT2D eigenvalue weighted by molar-refractivity contribution is 0.198. The summed E-state index contributed by atoms with van der Waals surface area (Å²) in [4.78, 5) is 43.9. The highest BCUT2D eigenvalue weighted by Crippen LogP contribution is 2.33. The summed E-state index contributed by atoms with van der Waals surface area (Å²) in [7, 11) is 1.59. The fraction of sp³-hybridized carbons (Fsp3) is 0.160. The summed E-state index contributed by atoms with van der Waals surface area (Å²) in [6.07, 6.45) is 3.22. The monoisotopic (exact) mass is 808 g/mol. The molecule has 61 heavy (non-hydrogen) atoms. The molecule has 8 aromatic rings. The maximum Gasteiger partial charge on any atom is 0.319 e. The Bertz CT molecular complexity index is 2680. The quantitative estimate of drug-likeness (QED) is 0.0849. The topological polar surface area (TPSA) is 143 Å². The van der Waals surface area contributed by atoms with Crippen molar-refractivity contribution in [1.29, 1.82) is 0 Å². The number of aromatic nitrogens is 4. The molecule has 0 bridgehead atoms. The number of anilines is 2. The zero-order chi connectivity index (χ0) is 42.2. The first-order chi connectivity index (χ1) is 30.0. The number of rotatable bonds is 13. The van der Waals surface area contributed by atoms with Crippen LogP contribution in [0.25, 0.3) is 67.1 Å². The standard InChI is InChI=1S/C26H26N4O.C24H22N4O2/c1-2-3-10-17-27-26(31)28-21-15-16-22-23(18-21)30-25(20-13-8-5-9-14-20)24(29-22)19-11-6-4-7-12-19;1-30-15-14-25-24(29)26-19-12-13-20-21(16-19)28-23(18-10-6-3-7-11-18)22(27-20)17-8-4-2-5-9-17/h4-9,11-16,18H,2-3,10,17H2,1H3,(H2,27,28,31);2-13,16H,14-15H2,1H3,(H2,25,26,29). The SMILES string of the molecule is CCCCCNC(=O)Nc1ccc2nc(-c3ccccc3)c(-c3ccccc3)nc2c1.COCCNC(=O)Nc1ccc2nc(-c3ccccc3)c(-c3ccccc3)nc2c1. The summed E-state index contributed by atoms with van der Waals surface area (Å²) >= 11 is 0. The van der Waals surface area contributed by atoms with Crippen LogP contribution in [-0.4, -0.2) is 58.8 Å². The van der Waals surface area contributed by atoms with E-state index in [1.807, 2.05) is 158 Å². The van der Waals surface area contributed by atoms with E-state index in [0.29, 0.717) is 36.6 Å². The molecule has 0 unspecified atom stereocenters. The third kappa shape index (κ3) is 11.2. The molecule has 0 spiro atoms. The second kappa shape index (κ2) is 21.0. The number of carbonyl (C=O) groups is 2. The predicted molar refractivity (Wildman–Crippen MR) is 246 cm³/mol. The molecule has 0 atom stereocenters. The van der Waals surface area contributed by atoms with Gasteiger partial charge in [-0.05, 0) is 42.8 Å². The maximum absolute atomic E-state index is 12.2. The zero-order valence-corrected chi connectivity index (χ0v) is 34.3. The van der Waals surface area contributed by atoms with E-state index < -0.39 is 0 Å². The number of carbonyl (C=O) groups excluding carboxylic acids is 2. The largest absolute Gasteiger partial charge is 0.383 e. The Balaban J connectivity index is 0.000000184. The summed E-state index contributed by atoms with van der Waals surface area (Å²) in [6, 6.07) is 50.8. The fourth-order valence-electron chi connectivity index (χ4n) is 6.65. The number of ether oxygens (including phenoxy) is 1. The molecule has 0 radical (unpaired) electrons. The molecule has 6 aromatic carbocycles. The van der Waals surface area contributed by atoms with E-state index in [9.17, 15) is 9.59 Å². The normalized spacial score (nSPS) is 10.7. The number of nitrogens with one attached hydrogen (secondary N) is 4. The third-order valence-electron chi connectivity index (χ3n) is 9.69. The lowest BCUT2D eigenvalue weighted by Gasteiger charge is -2.12. The van der Waals surface area contributed by atoms with Crippen molar-refractivity contribution in [3.63, 3.8) is 0 Å². The summed E-state index contributed by atoms with van der Waals surface area (Å²) in [5.41, 5.74) is 11.6. The van der Waals surface area contributed by atoms with Crippen LogP contribution in [0.4, 0.5) is 21.0 Å². The highest BCUT2D eigenvalue weighted by atomic mass is 16.5. The fourth-order valence-corrected chi connectivity index (χ4v) is 6.65. The molecular weight excluding hydrogens is 761 g/mol. The molecule has 0 saturated heterocycles. The van der Waals surface area contributed by atoms with E-state index in [1.54, 1.807) is 7.11 Å². The van der Waals surface area contributed by atoms with Crippen molar-refractivity contribution >= 4 is 45.5 Å². The van der Waals surface area contributed by atoms with Gasteiger partial charge in [0.05, 0.1) is 51.4 Å². The van der Waals surface area contributed by atoms with Crippen molar-refractivity contribution in [2.24, 2.45) is 0 Å². The highest BCUT2D eigenvalue weighted by Gasteiger charge is 2.15. The Kier molecular flexibility index (Phi) is 14.3. The Morgan fingerprint density at radius 3 is 1.18 bits per heavy atom. The maximum atomic E-state index is 12.2. The van der Waals surface area contributed by atoms with Crippen LogP contribution in [0.1, 0.15) is 26.2 Å². The molecule has 11 heteroatoms. The van der Waals surface area contributed by atoms with E-state index in [4.69, 9.17) is 24.7 Å². The van der Waals surface area contributed by atoms with E-state index in [1.165, 1.54) is 0 Å². The van der Waals surface area contributed by atoms with E-state index in [0.717, 1.165) is 80.8 Å². The van der Waals surface area contributed by atoms with Gasteiger partial charge in [-0.15, -0.1) is 0 Å². The van der Waals surface area contributed by atoms with Crippen molar-refractivity contribution in [3.05, 3.63) is 158 Å². The van der Waals surface area contributed by atoms with Gasteiger partial charge < -0.3 is 26.0 Å². The first-order valence-electron chi connectivity index (χ1n) is 20.4. The second-order valence-electron chi connectivity index (χ2n) is 14.2. The van der Waals surface area contributed by atoms with Crippen LogP contribution >= 0.6 is 0 Å². The number of hydrogen-bond acceptors (Lipinski definition) is 7. The molecule has 0 aliphatic heterocycles. The van der Waals surface area contributed by atoms with Gasteiger partial charge in [0.1, 0.15) is 0 Å². The van der Waals surface area contributed by atoms with Gasteiger partial charge in [-0.2, -0.15) is 0 Å². The Hall–Kier alpha value is -7.50. The number of hydrogen-bond donors (Lipinski definition) is 4. The molecule has 2 heterocycles. The first-order valence-corrected chi connectivity index (χ1v) is 20.4. The number of benzene rings is 6. The summed E-state index contributed by atoms with van der Waals surface area (Å²) in [5, 5.41) is 11.4. The lowest BCUT2D eigenvalue weighted by atomic mass is 10.0. The molecular formula is C50H48N8O3. The van der Waals surface area contributed by atoms with Gasteiger partial charge >= 0.3 is 12.1 Å². The molecule has 0 aliphatic carbocycles. The van der Waals surface area contributed by atoms with Crippen LogP contribution < -0.4 is 21.3 Å². The molecule has 0 aliphatic rings. The predicted octanol–water partition coefficient (Wildman–Crippen LogP) is 11.0. The summed E-state index contributed by atoms with van der Waals surface area (Å²) in [5.74, 6) is 0. The Labute approximate surface area is 355 Å². The summed E-state index contributed by atoms with van der Waals surface area (Å²) in [6.45, 7) is 3.71. The minimum absolute atomic E-state index is 0.201. The van der Waals surface area contributed by atoms with Gasteiger partial charge in [-0.3, -0.25) is 0 Å². The number of nitrogens with zero attached hydrogens (tertiary/aromatic N) is 4. The number of unbranched alkanes of at least 4 members (excludes halogenated alkanes) is 2.